The van der Waals surface area contributed by atoms with E-state index < -0.39 is 28.3 Å². The number of anilines is 1. The van der Waals surface area contributed by atoms with Crippen LogP contribution in [0.25, 0.3) is 16.3 Å². The standard InChI is InChI=1S/C30H38ClN3O3/c1-27-9-11-29(31)15-21-24(35)25(36)22(34(2)3)16-28(21)10-12-30(29,37-28)23(27)7-6-20(27)18-4-5-19-17(14-18)8-13-33-26(19)32/h4-6,8,13-14,21-25,35-36H,7,9-12,15-16H2,1-3H3,(H2,32,33)/t21?,22-,23?,24+,25+,27+,28+,29?,30-/m0/s1. The van der Waals surface area contributed by atoms with Crippen LogP contribution in [0.2, 0.25) is 0 Å². The topological polar surface area (TPSA) is 91.8 Å². The summed E-state index contributed by atoms with van der Waals surface area (Å²) in [5.74, 6) is 0.709. The van der Waals surface area contributed by atoms with Crippen LogP contribution in [0.4, 0.5) is 5.82 Å². The number of hydrogen-bond acceptors (Lipinski definition) is 6. The van der Waals surface area contributed by atoms with Gasteiger partial charge in [-0.25, -0.2) is 4.98 Å². The number of nitrogens with two attached hydrogens (primary N) is 1. The second-order valence-electron chi connectivity index (χ2n) is 13.0. The molecule has 1 aromatic carbocycles. The van der Waals surface area contributed by atoms with Crippen molar-refractivity contribution in [3.05, 3.63) is 42.1 Å². The second kappa shape index (κ2) is 7.70. The van der Waals surface area contributed by atoms with Gasteiger partial charge in [0.05, 0.1) is 28.3 Å². The normalized spacial score (nSPS) is 46.5. The highest BCUT2D eigenvalue weighted by Crippen LogP contribution is 2.73. The Balaban J connectivity index is 1.27. The third kappa shape index (κ3) is 3.00. The molecule has 7 heteroatoms. The molecular weight excluding hydrogens is 486 g/mol. The molecular formula is C30H38ClN3O3. The fourth-order valence-corrected chi connectivity index (χ4v) is 9.90. The highest BCUT2D eigenvalue weighted by molar-refractivity contribution is 6.25. The number of nitrogen functional groups attached to an aromatic ring is 1. The van der Waals surface area contributed by atoms with Crippen LogP contribution >= 0.6 is 11.6 Å². The van der Waals surface area contributed by atoms with Crippen molar-refractivity contribution in [2.75, 3.05) is 19.8 Å². The molecule has 4 N–H and O–H groups in total. The van der Waals surface area contributed by atoms with E-state index in [0.29, 0.717) is 12.2 Å². The lowest BCUT2D eigenvalue weighted by Gasteiger charge is -2.65. The number of aliphatic hydroxyl groups is 2. The Morgan fingerprint density at radius 3 is 2.68 bits per heavy atom. The lowest BCUT2D eigenvalue weighted by Crippen LogP contribution is -2.72. The zero-order valence-electron chi connectivity index (χ0n) is 22.0. The number of ether oxygens (including phenoxy) is 1. The molecule has 198 valence electrons. The molecule has 2 saturated heterocycles. The molecule has 37 heavy (non-hydrogen) atoms. The minimum absolute atomic E-state index is 0.0449. The van der Waals surface area contributed by atoms with Gasteiger partial charge in [-0.15, -0.1) is 11.6 Å². The van der Waals surface area contributed by atoms with Gasteiger partial charge in [0, 0.05) is 29.5 Å². The minimum atomic E-state index is -0.821. The van der Waals surface area contributed by atoms with Crippen molar-refractivity contribution < 1.29 is 14.9 Å². The summed E-state index contributed by atoms with van der Waals surface area (Å²) in [6.45, 7) is 2.41. The predicted octanol–water partition coefficient (Wildman–Crippen LogP) is 4.36. The summed E-state index contributed by atoms with van der Waals surface area (Å²) in [6, 6.07) is 8.44. The molecule has 3 unspecified atom stereocenters. The maximum atomic E-state index is 11.3. The van der Waals surface area contributed by atoms with Crippen LogP contribution in [-0.2, 0) is 4.74 Å². The Bertz CT molecular complexity index is 1320. The van der Waals surface area contributed by atoms with Crippen LogP contribution in [0.5, 0.6) is 0 Å². The average molecular weight is 524 g/mol. The van der Waals surface area contributed by atoms with Crippen molar-refractivity contribution in [2.45, 2.75) is 86.2 Å². The maximum Gasteiger partial charge on any atom is 0.131 e. The van der Waals surface area contributed by atoms with Gasteiger partial charge in [0.25, 0.3) is 0 Å². The summed E-state index contributed by atoms with van der Waals surface area (Å²) >= 11 is 7.63. The van der Waals surface area contributed by atoms with Gasteiger partial charge in [-0.05, 0) is 93.1 Å². The first-order valence-corrected chi connectivity index (χ1v) is 14.2. The molecule has 3 heterocycles. The van der Waals surface area contributed by atoms with E-state index in [1.807, 2.05) is 25.1 Å². The number of halogens is 1. The first-order chi connectivity index (χ1) is 17.5. The zero-order chi connectivity index (χ0) is 26.0. The molecule has 1 aromatic heterocycles. The van der Waals surface area contributed by atoms with Crippen molar-refractivity contribution in [2.24, 2.45) is 17.3 Å². The van der Waals surface area contributed by atoms with Gasteiger partial charge in [0.2, 0.25) is 0 Å². The number of aliphatic hydroxyl groups excluding tert-OH is 2. The van der Waals surface area contributed by atoms with Gasteiger partial charge in [-0.3, -0.25) is 0 Å². The predicted molar refractivity (Wildman–Crippen MR) is 146 cm³/mol. The second-order valence-corrected chi connectivity index (χ2v) is 13.7. The highest BCUT2D eigenvalue weighted by Gasteiger charge is 2.76. The van der Waals surface area contributed by atoms with Crippen molar-refractivity contribution in [1.82, 2.24) is 9.88 Å². The number of aromatic nitrogens is 1. The van der Waals surface area contributed by atoms with Gasteiger partial charge in [-0.2, -0.15) is 0 Å². The lowest BCUT2D eigenvalue weighted by molar-refractivity contribution is -0.276. The molecule has 2 bridgehead atoms. The third-order valence-corrected chi connectivity index (χ3v) is 12.0. The van der Waals surface area contributed by atoms with Gasteiger partial charge in [0.15, 0.2) is 0 Å². The van der Waals surface area contributed by atoms with E-state index >= 15 is 0 Å². The third-order valence-electron chi connectivity index (χ3n) is 11.3. The fraction of sp³-hybridized carbons (Fsp3) is 0.633. The number of pyridine rings is 1. The van der Waals surface area contributed by atoms with Crippen LogP contribution in [0.3, 0.4) is 0 Å². The van der Waals surface area contributed by atoms with Crippen LogP contribution in [0.1, 0.15) is 57.4 Å². The van der Waals surface area contributed by atoms with E-state index in [0.717, 1.165) is 49.3 Å². The summed E-state index contributed by atoms with van der Waals surface area (Å²) in [6.07, 6.45) is 8.61. The number of hydrogen-bond donors (Lipinski definition) is 3. The molecule has 2 saturated carbocycles. The largest absolute Gasteiger partial charge is 0.390 e. The molecule has 0 amide bonds. The van der Waals surface area contributed by atoms with Crippen LogP contribution < -0.4 is 5.73 Å². The van der Waals surface area contributed by atoms with E-state index in [9.17, 15) is 10.2 Å². The Hall–Kier alpha value is -1.70. The molecule has 6 nitrogen and oxygen atoms in total. The van der Waals surface area contributed by atoms with Crippen LogP contribution in [0.15, 0.2) is 36.5 Å². The van der Waals surface area contributed by atoms with Gasteiger partial charge >= 0.3 is 0 Å². The van der Waals surface area contributed by atoms with Crippen molar-refractivity contribution >= 4 is 33.8 Å². The smallest absolute Gasteiger partial charge is 0.131 e. The molecule has 3 aliphatic carbocycles. The lowest BCUT2D eigenvalue weighted by atomic mass is 9.52. The Labute approximate surface area is 223 Å². The van der Waals surface area contributed by atoms with Crippen molar-refractivity contribution in [3.8, 4) is 0 Å². The van der Waals surface area contributed by atoms with E-state index in [1.54, 1.807) is 6.20 Å². The van der Waals surface area contributed by atoms with Crippen molar-refractivity contribution in [3.63, 3.8) is 0 Å². The quantitative estimate of drug-likeness (QED) is 0.506. The van der Waals surface area contributed by atoms with E-state index in [-0.39, 0.29) is 23.3 Å². The molecule has 2 aliphatic heterocycles. The highest BCUT2D eigenvalue weighted by atomic mass is 35.5. The summed E-state index contributed by atoms with van der Waals surface area (Å²) in [5, 5.41) is 24.4. The molecule has 9 atom stereocenters. The number of likely N-dealkylation sites (N-methyl/N-ethyl adjacent to an activating group) is 1. The number of rotatable bonds is 2. The SMILES string of the molecule is CN(C)[C@H]1C[C@@]23CC[C@]4(O2)C2CC=C(c5ccc6c(N)nccc6c5)[C@@]2(C)CCC4(Cl)CC3[C@@H](O)[C@@H]1O. The first-order valence-electron chi connectivity index (χ1n) is 13.8. The molecule has 4 fully saturated rings. The number of allylic oxidation sites excluding steroid dienone is 2. The summed E-state index contributed by atoms with van der Waals surface area (Å²) in [5.41, 5.74) is 7.85. The Kier molecular flexibility index (Phi) is 5.06. The van der Waals surface area contributed by atoms with Crippen LogP contribution in [-0.4, -0.2) is 68.5 Å². The maximum absolute atomic E-state index is 11.3. The summed E-state index contributed by atoms with van der Waals surface area (Å²) < 4.78 is 7.34. The molecule has 2 aromatic rings. The minimum Gasteiger partial charge on any atom is -0.390 e. The number of nitrogens with zero attached hydrogens (tertiary/aromatic N) is 2. The number of alkyl halides is 1. The first kappa shape index (κ1) is 24.3. The monoisotopic (exact) mass is 523 g/mol. The van der Waals surface area contributed by atoms with Gasteiger partial charge in [0.1, 0.15) is 5.82 Å². The molecule has 7 rings (SSSR count). The van der Waals surface area contributed by atoms with Gasteiger partial charge in [-0.1, -0.05) is 25.1 Å². The number of fused-ring (bicyclic) bond motifs is 2. The van der Waals surface area contributed by atoms with E-state index in [2.05, 4.69) is 36.2 Å². The van der Waals surface area contributed by atoms with Crippen molar-refractivity contribution in [1.29, 1.82) is 0 Å². The van der Waals surface area contributed by atoms with Gasteiger partial charge < -0.3 is 25.6 Å². The van der Waals surface area contributed by atoms with E-state index in [1.165, 1.54) is 11.1 Å². The molecule has 0 radical (unpaired) electrons. The zero-order valence-corrected chi connectivity index (χ0v) is 22.7. The van der Waals surface area contributed by atoms with E-state index in [4.69, 9.17) is 22.1 Å². The molecule has 5 aliphatic rings. The Morgan fingerprint density at radius 1 is 1.08 bits per heavy atom. The Morgan fingerprint density at radius 2 is 1.89 bits per heavy atom. The summed E-state index contributed by atoms with van der Waals surface area (Å²) in [7, 11) is 3.96. The number of benzene rings is 1. The van der Waals surface area contributed by atoms with Crippen LogP contribution in [0, 0.1) is 17.3 Å². The summed E-state index contributed by atoms with van der Waals surface area (Å²) in [4.78, 5) is 5.76. The molecule has 2 spiro atoms. The fourth-order valence-electron chi connectivity index (χ4n) is 9.38. The average Bonchev–Trinajstić information content (AvgIpc) is 3.40.